The number of carbonyl (C=O) groups is 1. The third-order valence-electron chi connectivity index (χ3n) is 2.54. The second kappa shape index (κ2) is 5.05. The van der Waals surface area contributed by atoms with Crippen molar-refractivity contribution in [2.75, 3.05) is 18.1 Å². The number of aliphatic hydroxyl groups is 1. The van der Waals surface area contributed by atoms with Crippen molar-refractivity contribution in [3.63, 3.8) is 0 Å². The zero-order valence-electron chi connectivity index (χ0n) is 11.3. The van der Waals surface area contributed by atoms with Gasteiger partial charge in [0.25, 0.3) is 0 Å². The molecule has 0 radical (unpaired) electrons. The van der Waals surface area contributed by atoms with Gasteiger partial charge in [0.05, 0.1) is 30.7 Å². The number of amides is 1. The molecular formula is C13H18N2O4. The number of aromatic nitrogens is 1. The van der Waals surface area contributed by atoms with Gasteiger partial charge in [-0.15, -0.1) is 0 Å². The van der Waals surface area contributed by atoms with Crippen LogP contribution < -0.4 is 9.64 Å². The number of ether oxygens (including phenoxy) is 2. The van der Waals surface area contributed by atoms with Gasteiger partial charge in [0.15, 0.2) is 5.75 Å². The van der Waals surface area contributed by atoms with Crippen LogP contribution in [0.4, 0.5) is 10.5 Å². The predicted molar refractivity (Wildman–Crippen MR) is 69.2 cm³/mol. The molecule has 1 amide bonds. The summed E-state index contributed by atoms with van der Waals surface area (Å²) in [7, 11) is 0. The first-order valence-electron chi connectivity index (χ1n) is 6.14. The highest BCUT2D eigenvalue weighted by Gasteiger charge is 2.28. The van der Waals surface area contributed by atoms with Crippen molar-refractivity contribution in [2.24, 2.45) is 0 Å². The van der Waals surface area contributed by atoms with E-state index in [9.17, 15) is 4.79 Å². The fourth-order valence-corrected chi connectivity index (χ4v) is 1.76. The van der Waals surface area contributed by atoms with Crippen LogP contribution in [-0.2, 0) is 11.3 Å². The Morgan fingerprint density at radius 1 is 1.58 bits per heavy atom. The minimum absolute atomic E-state index is 0.185. The Morgan fingerprint density at radius 2 is 2.32 bits per heavy atom. The number of rotatable bonds is 1. The lowest BCUT2D eigenvalue weighted by atomic mass is 10.2. The zero-order valence-corrected chi connectivity index (χ0v) is 11.3. The molecule has 104 valence electrons. The first-order chi connectivity index (χ1) is 8.90. The average Bonchev–Trinajstić information content (AvgIpc) is 2.35. The minimum Gasteiger partial charge on any atom is -0.488 e. The maximum Gasteiger partial charge on any atom is 0.415 e. The smallest absolute Gasteiger partial charge is 0.415 e. The van der Waals surface area contributed by atoms with Gasteiger partial charge in [0, 0.05) is 0 Å². The summed E-state index contributed by atoms with van der Waals surface area (Å²) in [4.78, 5) is 17.7. The van der Waals surface area contributed by atoms with E-state index < -0.39 is 11.7 Å². The molecule has 1 aliphatic rings. The van der Waals surface area contributed by atoms with Crippen LogP contribution in [0.25, 0.3) is 0 Å². The van der Waals surface area contributed by atoms with Crippen molar-refractivity contribution in [1.29, 1.82) is 0 Å². The average molecular weight is 266 g/mol. The standard InChI is InChI=1S/C13H18N2O4/c1-13(2,3)19-12(17)15-4-5-18-11-7-14-9(8-16)6-10(11)15/h6-7,16H,4-5,8H2,1-3H3. The second-order valence-corrected chi connectivity index (χ2v) is 5.28. The lowest BCUT2D eigenvalue weighted by Gasteiger charge is -2.31. The number of carbonyl (C=O) groups excluding carboxylic acids is 1. The third-order valence-corrected chi connectivity index (χ3v) is 2.54. The molecule has 0 saturated carbocycles. The lowest BCUT2D eigenvalue weighted by Crippen LogP contribution is -2.41. The monoisotopic (exact) mass is 266 g/mol. The van der Waals surface area contributed by atoms with Gasteiger partial charge in [-0.3, -0.25) is 9.88 Å². The number of pyridine rings is 1. The van der Waals surface area contributed by atoms with Crippen LogP contribution in [0.3, 0.4) is 0 Å². The zero-order chi connectivity index (χ0) is 14.0. The maximum atomic E-state index is 12.1. The molecule has 1 N–H and O–H groups in total. The Labute approximate surface area is 112 Å². The topological polar surface area (TPSA) is 71.9 Å². The van der Waals surface area contributed by atoms with Gasteiger partial charge in [0.1, 0.15) is 12.2 Å². The number of nitrogens with zero attached hydrogens (tertiary/aromatic N) is 2. The van der Waals surface area contributed by atoms with Gasteiger partial charge in [-0.25, -0.2) is 4.79 Å². The number of aliphatic hydroxyl groups excluding tert-OH is 1. The third kappa shape index (κ3) is 3.14. The molecule has 1 aliphatic heterocycles. The van der Waals surface area contributed by atoms with Gasteiger partial charge < -0.3 is 14.6 Å². The molecule has 0 fully saturated rings. The number of anilines is 1. The fraction of sp³-hybridized carbons (Fsp3) is 0.538. The van der Waals surface area contributed by atoms with Crippen molar-refractivity contribution in [3.05, 3.63) is 18.0 Å². The Hall–Kier alpha value is -1.82. The number of hydrogen-bond acceptors (Lipinski definition) is 5. The second-order valence-electron chi connectivity index (χ2n) is 5.28. The molecule has 0 bridgehead atoms. The summed E-state index contributed by atoms with van der Waals surface area (Å²) < 4.78 is 10.8. The molecule has 19 heavy (non-hydrogen) atoms. The molecule has 6 heteroatoms. The molecule has 1 aromatic heterocycles. The molecule has 2 rings (SSSR count). The van der Waals surface area contributed by atoms with Crippen LogP contribution in [-0.4, -0.2) is 34.9 Å². The molecule has 0 atom stereocenters. The van der Waals surface area contributed by atoms with Crippen molar-refractivity contribution in [2.45, 2.75) is 33.0 Å². The van der Waals surface area contributed by atoms with Gasteiger partial charge in [-0.05, 0) is 26.8 Å². The van der Waals surface area contributed by atoms with Crippen molar-refractivity contribution < 1.29 is 19.4 Å². The van der Waals surface area contributed by atoms with E-state index in [1.165, 1.54) is 11.1 Å². The Balaban J connectivity index is 2.28. The quantitative estimate of drug-likeness (QED) is 0.837. The summed E-state index contributed by atoms with van der Waals surface area (Å²) in [6.45, 7) is 6.08. The van der Waals surface area contributed by atoms with E-state index in [-0.39, 0.29) is 6.61 Å². The Kier molecular flexibility index (Phi) is 3.61. The maximum absolute atomic E-state index is 12.1. The highest BCUT2D eigenvalue weighted by Crippen LogP contribution is 2.32. The number of hydrogen-bond donors (Lipinski definition) is 1. The summed E-state index contributed by atoms with van der Waals surface area (Å²) in [5.74, 6) is 0.523. The summed E-state index contributed by atoms with van der Waals surface area (Å²) in [6.07, 6.45) is 1.09. The SMILES string of the molecule is CC(C)(C)OC(=O)N1CCOc2cnc(CO)cc21. The van der Waals surface area contributed by atoms with E-state index in [1.54, 1.807) is 6.07 Å². The van der Waals surface area contributed by atoms with Crippen molar-refractivity contribution in [3.8, 4) is 5.75 Å². The highest BCUT2D eigenvalue weighted by atomic mass is 16.6. The molecule has 1 aromatic rings. The number of fused-ring (bicyclic) bond motifs is 1. The van der Waals surface area contributed by atoms with Crippen LogP contribution in [0.15, 0.2) is 12.3 Å². The molecule has 0 aliphatic carbocycles. The fourth-order valence-electron chi connectivity index (χ4n) is 1.76. The van der Waals surface area contributed by atoms with Gasteiger partial charge >= 0.3 is 6.09 Å². The first kappa shape index (κ1) is 13.6. The van der Waals surface area contributed by atoms with E-state index in [4.69, 9.17) is 14.6 Å². The molecule has 0 unspecified atom stereocenters. The molecule has 0 aromatic carbocycles. The molecule has 0 spiro atoms. The molecule has 0 saturated heterocycles. The van der Waals surface area contributed by atoms with Gasteiger partial charge in [-0.1, -0.05) is 0 Å². The van der Waals surface area contributed by atoms with Crippen LogP contribution in [0.1, 0.15) is 26.5 Å². The minimum atomic E-state index is -0.553. The summed E-state index contributed by atoms with van der Waals surface area (Å²) in [6, 6.07) is 1.64. The highest BCUT2D eigenvalue weighted by molar-refractivity contribution is 5.90. The van der Waals surface area contributed by atoms with Gasteiger partial charge in [-0.2, -0.15) is 0 Å². The van der Waals surface area contributed by atoms with Crippen LogP contribution in [0, 0.1) is 0 Å². The van der Waals surface area contributed by atoms with E-state index >= 15 is 0 Å². The predicted octanol–water partition coefficient (Wildman–Crippen LogP) is 1.71. The van der Waals surface area contributed by atoms with Gasteiger partial charge in [0.2, 0.25) is 0 Å². The van der Waals surface area contributed by atoms with E-state index in [2.05, 4.69) is 4.98 Å². The van der Waals surface area contributed by atoms with E-state index in [1.807, 2.05) is 20.8 Å². The van der Waals surface area contributed by atoms with E-state index in [0.717, 1.165) is 0 Å². The summed E-state index contributed by atoms with van der Waals surface area (Å²) in [5.41, 5.74) is 0.514. The van der Waals surface area contributed by atoms with Crippen molar-refractivity contribution >= 4 is 11.8 Å². The normalized spacial score (nSPS) is 14.6. The largest absolute Gasteiger partial charge is 0.488 e. The summed E-state index contributed by atoms with van der Waals surface area (Å²) >= 11 is 0. The summed E-state index contributed by atoms with van der Waals surface area (Å²) in [5, 5.41) is 9.11. The van der Waals surface area contributed by atoms with E-state index in [0.29, 0.717) is 30.3 Å². The Bertz CT molecular complexity index is 482. The van der Waals surface area contributed by atoms with Crippen molar-refractivity contribution in [1.82, 2.24) is 4.98 Å². The van der Waals surface area contributed by atoms with Crippen LogP contribution in [0.2, 0.25) is 0 Å². The van der Waals surface area contributed by atoms with Crippen LogP contribution in [0.5, 0.6) is 5.75 Å². The molecule has 2 heterocycles. The lowest BCUT2D eigenvalue weighted by molar-refractivity contribution is 0.0567. The Morgan fingerprint density at radius 3 is 2.95 bits per heavy atom. The molecule has 6 nitrogen and oxygen atoms in total. The van der Waals surface area contributed by atoms with Crippen LogP contribution >= 0.6 is 0 Å². The molecular weight excluding hydrogens is 248 g/mol. The first-order valence-corrected chi connectivity index (χ1v) is 6.14.